The molecule has 1 N–H and O–H groups in total. The highest BCUT2D eigenvalue weighted by Crippen LogP contribution is 2.49. The fourth-order valence-corrected chi connectivity index (χ4v) is 4.46. The van der Waals surface area contributed by atoms with Crippen LogP contribution in [-0.4, -0.2) is 43.7 Å². The van der Waals surface area contributed by atoms with E-state index in [1.807, 2.05) is 6.07 Å². The molecule has 23 heavy (non-hydrogen) atoms. The first-order valence-corrected chi connectivity index (χ1v) is 8.94. The molecule has 0 unspecified atom stereocenters. The molecule has 3 aliphatic heterocycles. The van der Waals surface area contributed by atoms with Crippen LogP contribution in [0.5, 0.6) is 0 Å². The van der Waals surface area contributed by atoms with Gasteiger partial charge in [0.2, 0.25) is 5.91 Å². The Balaban J connectivity index is 1.38. The van der Waals surface area contributed by atoms with Crippen LogP contribution in [0.15, 0.2) is 30.3 Å². The van der Waals surface area contributed by atoms with Crippen molar-refractivity contribution < 1.29 is 9.53 Å². The Bertz CT molecular complexity index is 546. The second-order valence-electron chi connectivity index (χ2n) is 7.33. The lowest BCUT2D eigenvalue weighted by Gasteiger charge is -2.53. The van der Waals surface area contributed by atoms with E-state index in [0.29, 0.717) is 0 Å². The summed E-state index contributed by atoms with van der Waals surface area (Å²) in [5.41, 5.74) is 1.10. The van der Waals surface area contributed by atoms with E-state index in [2.05, 4.69) is 34.5 Å². The maximum Gasteiger partial charge on any atom is 0.229 e. The summed E-state index contributed by atoms with van der Waals surface area (Å²) in [7, 11) is 0. The summed E-state index contributed by atoms with van der Waals surface area (Å²) < 4.78 is 5.45. The molecule has 1 spiro atoms. The van der Waals surface area contributed by atoms with E-state index < -0.39 is 0 Å². The molecule has 0 saturated carbocycles. The molecule has 0 aliphatic carbocycles. The summed E-state index contributed by atoms with van der Waals surface area (Å²) in [5, 5.41) is 3.14. The Labute approximate surface area is 138 Å². The van der Waals surface area contributed by atoms with Gasteiger partial charge >= 0.3 is 0 Å². The van der Waals surface area contributed by atoms with Gasteiger partial charge < -0.3 is 15.0 Å². The molecule has 3 aliphatic rings. The van der Waals surface area contributed by atoms with Crippen LogP contribution in [0.25, 0.3) is 0 Å². The van der Waals surface area contributed by atoms with Gasteiger partial charge in [-0.15, -0.1) is 0 Å². The molecular formula is C19H26N2O2. The van der Waals surface area contributed by atoms with Crippen LogP contribution in [0.2, 0.25) is 0 Å². The zero-order valence-electron chi connectivity index (χ0n) is 13.7. The monoisotopic (exact) mass is 314 g/mol. The van der Waals surface area contributed by atoms with Crippen LogP contribution in [0.4, 0.5) is 0 Å². The van der Waals surface area contributed by atoms with Crippen LogP contribution in [0.1, 0.15) is 37.3 Å². The van der Waals surface area contributed by atoms with E-state index in [9.17, 15) is 4.79 Å². The van der Waals surface area contributed by atoms with Crippen molar-refractivity contribution in [2.75, 3.05) is 32.8 Å². The third kappa shape index (κ3) is 2.79. The molecule has 3 heterocycles. The standard InChI is InChI=1S/C19H26N2O2/c22-18-19(17(20-18)16-4-2-1-3-5-16)8-10-21(11-9-19)14-15-6-12-23-13-7-15/h1-5,15,17H,6-14H2,(H,20,22)/t17-/m0/s1. The largest absolute Gasteiger partial charge is 0.381 e. The maximum absolute atomic E-state index is 12.3. The Morgan fingerprint density at radius 3 is 2.48 bits per heavy atom. The van der Waals surface area contributed by atoms with E-state index in [0.717, 1.165) is 45.1 Å². The van der Waals surface area contributed by atoms with Crippen molar-refractivity contribution in [2.45, 2.75) is 31.7 Å². The van der Waals surface area contributed by atoms with E-state index in [-0.39, 0.29) is 17.4 Å². The van der Waals surface area contributed by atoms with Crippen molar-refractivity contribution in [3.63, 3.8) is 0 Å². The van der Waals surface area contributed by atoms with Crippen molar-refractivity contribution in [2.24, 2.45) is 11.3 Å². The number of likely N-dealkylation sites (tertiary alicyclic amines) is 1. The third-order valence-corrected chi connectivity index (χ3v) is 6.02. The first-order chi connectivity index (χ1) is 11.3. The smallest absolute Gasteiger partial charge is 0.229 e. The van der Waals surface area contributed by atoms with E-state index >= 15 is 0 Å². The van der Waals surface area contributed by atoms with Gasteiger partial charge in [0.15, 0.2) is 0 Å². The summed E-state index contributed by atoms with van der Waals surface area (Å²) in [6.45, 7) is 5.11. The third-order valence-electron chi connectivity index (χ3n) is 6.02. The summed E-state index contributed by atoms with van der Waals surface area (Å²) in [6.07, 6.45) is 4.35. The zero-order chi connectivity index (χ0) is 15.7. The van der Waals surface area contributed by atoms with Gasteiger partial charge in [-0.2, -0.15) is 0 Å². The summed E-state index contributed by atoms with van der Waals surface area (Å²) in [6, 6.07) is 10.6. The summed E-state index contributed by atoms with van der Waals surface area (Å²) >= 11 is 0. The molecule has 1 aromatic carbocycles. The number of β-lactam (4-membered cyclic amide) rings is 1. The minimum absolute atomic E-state index is 0.159. The number of ether oxygens (including phenoxy) is 1. The number of carbonyl (C=O) groups is 1. The number of nitrogens with zero attached hydrogens (tertiary/aromatic N) is 1. The Hall–Kier alpha value is -1.39. The van der Waals surface area contributed by atoms with Gasteiger partial charge in [0, 0.05) is 19.8 Å². The number of piperidine rings is 1. The molecule has 4 heteroatoms. The van der Waals surface area contributed by atoms with Crippen LogP contribution < -0.4 is 5.32 Å². The van der Waals surface area contributed by atoms with Gasteiger partial charge in [0.05, 0.1) is 11.5 Å². The lowest BCUT2D eigenvalue weighted by Crippen LogP contribution is -2.64. The number of carbonyl (C=O) groups excluding carboxylic acids is 1. The van der Waals surface area contributed by atoms with E-state index in [1.165, 1.54) is 24.9 Å². The van der Waals surface area contributed by atoms with Crippen molar-refractivity contribution >= 4 is 5.91 Å². The molecule has 0 radical (unpaired) electrons. The number of amides is 1. The van der Waals surface area contributed by atoms with Gasteiger partial charge in [0.1, 0.15) is 0 Å². The highest BCUT2D eigenvalue weighted by Gasteiger charge is 2.56. The molecule has 4 nitrogen and oxygen atoms in total. The highest BCUT2D eigenvalue weighted by molar-refractivity contribution is 5.90. The molecule has 4 rings (SSSR count). The molecule has 124 valence electrons. The molecule has 1 aromatic rings. The SMILES string of the molecule is O=C1N[C@@H](c2ccccc2)C12CCN(CC1CCOCC1)CC2. The normalized spacial score (nSPS) is 28.3. The fraction of sp³-hybridized carbons (Fsp3) is 0.632. The lowest BCUT2D eigenvalue weighted by molar-refractivity contribution is -0.151. The van der Waals surface area contributed by atoms with Gasteiger partial charge in [-0.1, -0.05) is 30.3 Å². The lowest BCUT2D eigenvalue weighted by atomic mass is 9.64. The van der Waals surface area contributed by atoms with Gasteiger partial charge in [-0.3, -0.25) is 4.79 Å². The summed E-state index contributed by atoms with van der Waals surface area (Å²) in [4.78, 5) is 14.9. The van der Waals surface area contributed by atoms with Crippen LogP contribution >= 0.6 is 0 Å². The maximum atomic E-state index is 12.3. The first kappa shape index (κ1) is 15.2. The number of benzene rings is 1. The highest BCUT2D eigenvalue weighted by atomic mass is 16.5. The van der Waals surface area contributed by atoms with Crippen molar-refractivity contribution in [3.05, 3.63) is 35.9 Å². The van der Waals surface area contributed by atoms with E-state index in [1.54, 1.807) is 0 Å². The molecular weight excluding hydrogens is 288 g/mol. The van der Waals surface area contributed by atoms with Gasteiger partial charge in [0.25, 0.3) is 0 Å². The number of nitrogens with one attached hydrogen (secondary N) is 1. The molecule has 3 fully saturated rings. The quantitative estimate of drug-likeness (QED) is 0.871. The average molecular weight is 314 g/mol. The minimum Gasteiger partial charge on any atom is -0.381 e. The van der Waals surface area contributed by atoms with Gasteiger partial charge in [-0.25, -0.2) is 0 Å². The van der Waals surface area contributed by atoms with E-state index in [4.69, 9.17) is 4.74 Å². The molecule has 1 amide bonds. The average Bonchev–Trinajstić information content (AvgIpc) is 2.62. The number of hydrogen-bond acceptors (Lipinski definition) is 3. The molecule has 3 saturated heterocycles. The topological polar surface area (TPSA) is 41.6 Å². The van der Waals surface area contributed by atoms with Gasteiger partial charge in [-0.05, 0) is 50.3 Å². The minimum atomic E-state index is -0.159. The zero-order valence-corrected chi connectivity index (χ0v) is 13.7. The fourth-order valence-electron chi connectivity index (χ4n) is 4.46. The predicted molar refractivity (Wildman–Crippen MR) is 89.0 cm³/mol. The Morgan fingerprint density at radius 2 is 1.83 bits per heavy atom. The second kappa shape index (κ2) is 6.25. The molecule has 0 bridgehead atoms. The van der Waals surface area contributed by atoms with Crippen LogP contribution in [-0.2, 0) is 9.53 Å². The first-order valence-electron chi connectivity index (χ1n) is 8.94. The summed E-state index contributed by atoms with van der Waals surface area (Å²) in [5.74, 6) is 1.04. The van der Waals surface area contributed by atoms with Crippen molar-refractivity contribution in [1.29, 1.82) is 0 Å². The van der Waals surface area contributed by atoms with Crippen LogP contribution in [0, 0.1) is 11.3 Å². The number of rotatable bonds is 3. The molecule has 1 atom stereocenters. The van der Waals surface area contributed by atoms with Crippen LogP contribution in [0.3, 0.4) is 0 Å². The predicted octanol–water partition coefficient (Wildman–Crippen LogP) is 2.37. The van der Waals surface area contributed by atoms with Crippen molar-refractivity contribution in [1.82, 2.24) is 10.2 Å². The Kier molecular flexibility index (Phi) is 4.12. The van der Waals surface area contributed by atoms with Crippen molar-refractivity contribution in [3.8, 4) is 0 Å². The molecule has 0 aromatic heterocycles. The number of hydrogen-bond donors (Lipinski definition) is 1. The Morgan fingerprint density at radius 1 is 1.13 bits per heavy atom. The second-order valence-corrected chi connectivity index (χ2v) is 7.33.